The summed E-state index contributed by atoms with van der Waals surface area (Å²) in [6.07, 6.45) is 3.20. The van der Waals surface area contributed by atoms with E-state index in [0.717, 1.165) is 58.5 Å². The largest absolute Gasteiger partial charge is 0.445 e. The van der Waals surface area contributed by atoms with Crippen LogP contribution >= 0.6 is 11.3 Å². The number of para-hydroxylation sites is 1. The number of thiophene rings is 1. The molecule has 2 amide bonds. The average molecular weight is 604 g/mol. The van der Waals surface area contributed by atoms with Crippen molar-refractivity contribution >= 4 is 51.3 Å². The number of hydrogen-bond donors (Lipinski definition) is 3. The van der Waals surface area contributed by atoms with Crippen LogP contribution in [-0.4, -0.2) is 41.5 Å². The molecule has 7 rings (SSSR count). The van der Waals surface area contributed by atoms with Gasteiger partial charge in [0.05, 0.1) is 11.2 Å². The molecule has 2 aromatic heterocycles. The van der Waals surface area contributed by atoms with Crippen LogP contribution in [0.4, 0.5) is 21.9 Å². The fraction of sp³-hybridized carbons (Fsp3) is 0.229. The lowest BCUT2D eigenvalue weighted by atomic mass is 9.74. The maximum Gasteiger partial charge on any atom is 0.410 e. The summed E-state index contributed by atoms with van der Waals surface area (Å²) in [7, 11) is 0. The standard InChI is InChI=1S/C35H33N5O3S/c41-33(32-31(13-19-44-32)37-21-25-12-16-36-29-9-5-4-8-27(25)29)39-26-10-11-30-28(20-26)35(23-38-30)14-17-40(18-15-35)34(42)43-22-24-6-2-1-3-7-24/h1-13,16,19-20,37-38H,14-15,17-18,21-23H2,(H,39,41). The van der Waals surface area contributed by atoms with Gasteiger partial charge in [0.25, 0.3) is 5.91 Å². The second-order valence-electron chi connectivity index (χ2n) is 11.4. The zero-order valence-corrected chi connectivity index (χ0v) is 25.0. The van der Waals surface area contributed by atoms with E-state index in [1.807, 2.05) is 84.4 Å². The van der Waals surface area contributed by atoms with Crippen molar-refractivity contribution in [3.63, 3.8) is 0 Å². The van der Waals surface area contributed by atoms with Crippen molar-refractivity contribution in [1.29, 1.82) is 0 Å². The molecule has 0 saturated carbocycles. The highest BCUT2D eigenvalue weighted by molar-refractivity contribution is 7.12. The van der Waals surface area contributed by atoms with Crippen molar-refractivity contribution in [3.8, 4) is 0 Å². The molecule has 0 unspecified atom stereocenters. The van der Waals surface area contributed by atoms with Crippen LogP contribution in [0.25, 0.3) is 10.9 Å². The molecule has 2 aliphatic heterocycles. The van der Waals surface area contributed by atoms with E-state index >= 15 is 0 Å². The molecule has 0 radical (unpaired) electrons. The quantitative estimate of drug-likeness (QED) is 0.181. The number of fused-ring (bicyclic) bond motifs is 3. The third-order valence-corrected chi connectivity index (χ3v) is 9.64. The summed E-state index contributed by atoms with van der Waals surface area (Å²) in [5.74, 6) is -0.141. The van der Waals surface area contributed by atoms with Crippen molar-refractivity contribution < 1.29 is 14.3 Å². The summed E-state index contributed by atoms with van der Waals surface area (Å²) in [6.45, 7) is 2.93. The van der Waals surface area contributed by atoms with Gasteiger partial charge in [-0.15, -0.1) is 11.3 Å². The number of nitrogens with one attached hydrogen (secondary N) is 3. The predicted octanol–water partition coefficient (Wildman–Crippen LogP) is 7.26. The molecule has 4 heterocycles. The lowest BCUT2D eigenvalue weighted by molar-refractivity contribution is 0.0793. The highest BCUT2D eigenvalue weighted by Crippen LogP contribution is 2.45. The average Bonchev–Trinajstić information content (AvgIpc) is 3.68. The summed E-state index contributed by atoms with van der Waals surface area (Å²) >= 11 is 1.42. The Hall–Kier alpha value is -4.89. The van der Waals surface area contributed by atoms with Gasteiger partial charge in [0.1, 0.15) is 11.5 Å². The van der Waals surface area contributed by atoms with Crippen molar-refractivity contribution in [2.75, 3.05) is 35.6 Å². The SMILES string of the molecule is O=C(Nc1ccc2c(c1)C1(CCN(C(=O)OCc3ccccc3)CC1)CN2)c1sccc1NCc1ccnc2ccccc12. The molecule has 2 aliphatic rings. The number of aromatic nitrogens is 1. The number of rotatable bonds is 7. The number of amides is 2. The molecule has 0 bridgehead atoms. The number of nitrogens with zero attached hydrogens (tertiary/aromatic N) is 2. The number of likely N-dealkylation sites (tertiary alicyclic amines) is 1. The normalized spacial score (nSPS) is 15.0. The van der Waals surface area contributed by atoms with Crippen molar-refractivity contribution in [1.82, 2.24) is 9.88 Å². The van der Waals surface area contributed by atoms with Gasteiger partial charge in [0.2, 0.25) is 0 Å². The first-order chi connectivity index (χ1) is 21.6. The summed E-state index contributed by atoms with van der Waals surface area (Å²) in [5.41, 5.74) is 6.82. The van der Waals surface area contributed by atoms with Crippen LogP contribution in [-0.2, 0) is 23.3 Å². The monoisotopic (exact) mass is 603 g/mol. The number of anilines is 3. The Morgan fingerprint density at radius 3 is 2.66 bits per heavy atom. The molecule has 9 heteroatoms. The molecule has 3 aromatic carbocycles. The molecule has 3 N–H and O–H groups in total. The molecular formula is C35H33N5O3S. The Labute approximate surface area is 260 Å². The highest BCUT2D eigenvalue weighted by atomic mass is 32.1. The van der Waals surface area contributed by atoms with Crippen LogP contribution in [0.1, 0.15) is 39.2 Å². The van der Waals surface area contributed by atoms with Gasteiger partial charge in [-0.2, -0.15) is 0 Å². The summed E-state index contributed by atoms with van der Waals surface area (Å²) in [6, 6.07) is 27.8. The van der Waals surface area contributed by atoms with Gasteiger partial charge < -0.3 is 25.6 Å². The van der Waals surface area contributed by atoms with E-state index < -0.39 is 0 Å². The van der Waals surface area contributed by atoms with Crippen LogP contribution in [0, 0.1) is 0 Å². The summed E-state index contributed by atoms with van der Waals surface area (Å²) < 4.78 is 5.57. The molecule has 8 nitrogen and oxygen atoms in total. The van der Waals surface area contributed by atoms with Crippen LogP contribution in [0.15, 0.2) is 96.5 Å². The molecule has 44 heavy (non-hydrogen) atoms. The molecule has 1 spiro atoms. The van der Waals surface area contributed by atoms with Gasteiger partial charge in [-0.25, -0.2) is 4.79 Å². The minimum Gasteiger partial charge on any atom is -0.445 e. The summed E-state index contributed by atoms with van der Waals surface area (Å²) in [5, 5.41) is 13.2. The third kappa shape index (κ3) is 5.58. The fourth-order valence-corrected chi connectivity index (χ4v) is 7.03. The van der Waals surface area contributed by atoms with Crippen molar-refractivity contribution in [3.05, 3.63) is 118 Å². The van der Waals surface area contributed by atoms with Crippen LogP contribution in [0.2, 0.25) is 0 Å². The van der Waals surface area contributed by atoms with Crippen molar-refractivity contribution in [2.45, 2.75) is 31.4 Å². The number of benzene rings is 3. The topological polar surface area (TPSA) is 95.6 Å². The van der Waals surface area contributed by atoms with E-state index in [1.54, 1.807) is 4.90 Å². The Morgan fingerprint density at radius 1 is 0.977 bits per heavy atom. The smallest absolute Gasteiger partial charge is 0.410 e. The lowest BCUT2D eigenvalue weighted by Crippen LogP contribution is -2.46. The van der Waals surface area contributed by atoms with E-state index in [0.29, 0.717) is 24.5 Å². The minimum absolute atomic E-state index is 0.0881. The maximum atomic E-state index is 13.4. The second kappa shape index (κ2) is 12.0. The zero-order chi connectivity index (χ0) is 29.9. The fourth-order valence-electron chi connectivity index (χ4n) is 6.26. The Kier molecular flexibility index (Phi) is 7.62. The van der Waals surface area contributed by atoms with Gasteiger partial charge >= 0.3 is 6.09 Å². The van der Waals surface area contributed by atoms with Gasteiger partial charge in [-0.3, -0.25) is 9.78 Å². The predicted molar refractivity (Wildman–Crippen MR) is 175 cm³/mol. The van der Waals surface area contributed by atoms with Crippen molar-refractivity contribution in [2.24, 2.45) is 0 Å². The number of pyridine rings is 1. The van der Waals surface area contributed by atoms with E-state index in [2.05, 4.69) is 33.1 Å². The Bertz CT molecular complexity index is 1810. The molecule has 222 valence electrons. The number of carbonyl (C=O) groups excluding carboxylic acids is 2. The molecule has 5 aromatic rings. The van der Waals surface area contributed by atoms with E-state index in [4.69, 9.17) is 4.74 Å². The Balaban J connectivity index is 0.994. The van der Waals surface area contributed by atoms with Crippen LogP contribution < -0.4 is 16.0 Å². The zero-order valence-electron chi connectivity index (χ0n) is 24.2. The third-order valence-electron chi connectivity index (χ3n) is 8.73. The Morgan fingerprint density at radius 2 is 1.80 bits per heavy atom. The van der Waals surface area contributed by atoms with Gasteiger partial charge in [0.15, 0.2) is 0 Å². The molecular weight excluding hydrogens is 570 g/mol. The van der Waals surface area contributed by atoms with E-state index in [1.165, 1.54) is 16.9 Å². The van der Waals surface area contributed by atoms with Gasteiger partial charge in [-0.05, 0) is 71.3 Å². The number of ether oxygens (including phenoxy) is 1. The first-order valence-corrected chi connectivity index (χ1v) is 15.8. The molecule has 1 fully saturated rings. The molecule has 0 atom stereocenters. The molecule has 0 aliphatic carbocycles. The van der Waals surface area contributed by atoms with Gasteiger partial charge in [-0.1, -0.05) is 48.5 Å². The van der Waals surface area contributed by atoms with Crippen LogP contribution in [0.5, 0.6) is 0 Å². The van der Waals surface area contributed by atoms with E-state index in [-0.39, 0.29) is 24.0 Å². The van der Waals surface area contributed by atoms with Gasteiger partial charge in [0, 0.05) is 54.6 Å². The number of carbonyl (C=O) groups is 2. The second-order valence-corrected chi connectivity index (χ2v) is 12.3. The molecule has 1 saturated heterocycles. The maximum absolute atomic E-state index is 13.4. The van der Waals surface area contributed by atoms with Crippen LogP contribution in [0.3, 0.4) is 0 Å². The first kappa shape index (κ1) is 27.9. The summed E-state index contributed by atoms with van der Waals surface area (Å²) in [4.78, 5) is 33.1. The van der Waals surface area contributed by atoms with E-state index in [9.17, 15) is 9.59 Å². The number of piperidine rings is 1. The lowest BCUT2D eigenvalue weighted by Gasteiger charge is -2.39. The number of hydrogen-bond acceptors (Lipinski definition) is 7. The highest BCUT2D eigenvalue weighted by Gasteiger charge is 2.42. The first-order valence-electron chi connectivity index (χ1n) is 14.9. The minimum atomic E-state index is -0.270.